The molecule has 1 aliphatic heterocycles. The van der Waals surface area contributed by atoms with E-state index in [4.69, 9.17) is 4.74 Å². The maximum atomic E-state index is 12.1. The van der Waals surface area contributed by atoms with Crippen LogP contribution in [0.4, 0.5) is 5.13 Å². The summed E-state index contributed by atoms with van der Waals surface area (Å²) in [5.41, 5.74) is 2.34. The molecule has 0 saturated carbocycles. The number of hydrogen-bond acceptors (Lipinski definition) is 6. The van der Waals surface area contributed by atoms with E-state index in [9.17, 15) is 9.59 Å². The Morgan fingerprint density at radius 1 is 1.25 bits per heavy atom. The number of rotatable bonds is 3. The van der Waals surface area contributed by atoms with Gasteiger partial charge in [0.25, 0.3) is 0 Å². The normalized spacial score (nSPS) is 14.5. The first-order chi connectivity index (χ1) is 11.6. The lowest BCUT2D eigenvalue weighted by molar-refractivity contribution is -0.145. The molecule has 1 aromatic carbocycles. The topological polar surface area (TPSA) is 84.4 Å². The van der Waals surface area contributed by atoms with E-state index >= 15 is 0 Å². The van der Waals surface area contributed by atoms with E-state index in [0.29, 0.717) is 37.9 Å². The number of carbonyl (C=O) groups excluding carboxylic acids is 2. The van der Waals surface area contributed by atoms with Gasteiger partial charge in [0.1, 0.15) is 5.01 Å². The molecule has 1 fully saturated rings. The highest BCUT2D eigenvalue weighted by atomic mass is 32.1. The van der Waals surface area contributed by atoms with Crippen molar-refractivity contribution < 1.29 is 14.3 Å². The summed E-state index contributed by atoms with van der Waals surface area (Å²) in [6, 6.07) is 8.05. The molecule has 0 aliphatic carbocycles. The maximum absolute atomic E-state index is 12.1. The van der Waals surface area contributed by atoms with Gasteiger partial charge < -0.3 is 9.64 Å². The molecule has 1 saturated heterocycles. The summed E-state index contributed by atoms with van der Waals surface area (Å²) >= 11 is 1.28. The number of amides is 2. The van der Waals surface area contributed by atoms with E-state index in [0.717, 1.165) is 10.6 Å². The second kappa shape index (κ2) is 7.50. The molecule has 126 valence electrons. The highest BCUT2D eigenvalue weighted by Gasteiger charge is 2.24. The highest BCUT2D eigenvalue weighted by Crippen LogP contribution is 2.20. The molecule has 24 heavy (non-hydrogen) atoms. The van der Waals surface area contributed by atoms with Gasteiger partial charge >= 0.3 is 11.8 Å². The van der Waals surface area contributed by atoms with Crippen LogP contribution in [0.5, 0.6) is 0 Å². The van der Waals surface area contributed by atoms with Crippen molar-refractivity contribution in [1.29, 1.82) is 0 Å². The molecule has 2 aromatic rings. The van der Waals surface area contributed by atoms with Gasteiger partial charge in [-0.25, -0.2) is 0 Å². The SMILES string of the molecule is Cc1ccccc1Cc1nnc(NC(=O)C(=O)N2CCOCC2)s1. The van der Waals surface area contributed by atoms with Crippen molar-refractivity contribution in [3.8, 4) is 0 Å². The number of benzene rings is 1. The number of anilines is 1. The van der Waals surface area contributed by atoms with Crippen LogP contribution in [0.3, 0.4) is 0 Å². The van der Waals surface area contributed by atoms with Crippen LogP contribution in [-0.2, 0) is 20.7 Å². The smallest absolute Gasteiger partial charge is 0.315 e. The third-order valence-electron chi connectivity index (χ3n) is 3.78. The molecule has 0 spiro atoms. The number of morpholine rings is 1. The molecular weight excluding hydrogens is 328 g/mol. The minimum atomic E-state index is -0.685. The molecule has 2 amide bonds. The minimum absolute atomic E-state index is 0.338. The summed E-state index contributed by atoms with van der Waals surface area (Å²) in [6.45, 7) is 3.82. The van der Waals surface area contributed by atoms with Gasteiger partial charge in [0.15, 0.2) is 0 Å². The van der Waals surface area contributed by atoms with Crippen molar-refractivity contribution >= 4 is 28.3 Å². The molecule has 0 bridgehead atoms. The minimum Gasteiger partial charge on any atom is -0.378 e. The zero-order valence-corrected chi connectivity index (χ0v) is 14.1. The Hall–Kier alpha value is -2.32. The van der Waals surface area contributed by atoms with Crippen LogP contribution in [0.1, 0.15) is 16.1 Å². The Kier molecular flexibility index (Phi) is 5.17. The standard InChI is InChI=1S/C16H18N4O3S/c1-11-4-2-3-5-12(11)10-13-18-19-16(24-13)17-14(21)15(22)20-6-8-23-9-7-20/h2-5H,6-10H2,1H3,(H,17,19,21). The van der Waals surface area contributed by atoms with Crippen molar-refractivity contribution in [3.63, 3.8) is 0 Å². The quantitative estimate of drug-likeness (QED) is 0.845. The van der Waals surface area contributed by atoms with Gasteiger partial charge in [0, 0.05) is 19.5 Å². The van der Waals surface area contributed by atoms with Crippen LogP contribution < -0.4 is 5.32 Å². The zero-order valence-electron chi connectivity index (χ0n) is 13.3. The Morgan fingerprint density at radius 2 is 2.00 bits per heavy atom. The largest absolute Gasteiger partial charge is 0.378 e. The Labute approximate surface area is 143 Å². The monoisotopic (exact) mass is 346 g/mol. The van der Waals surface area contributed by atoms with Crippen molar-refractivity contribution in [2.45, 2.75) is 13.3 Å². The van der Waals surface area contributed by atoms with E-state index in [-0.39, 0.29) is 0 Å². The van der Waals surface area contributed by atoms with Crippen LogP contribution in [0.2, 0.25) is 0 Å². The van der Waals surface area contributed by atoms with E-state index in [1.54, 1.807) is 0 Å². The number of aromatic nitrogens is 2. The second-order valence-electron chi connectivity index (χ2n) is 5.46. The lowest BCUT2D eigenvalue weighted by Crippen LogP contribution is -2.45. The van der Waals surface area contributed by atoms with Gasteiger partial charge in [0.2, 0.25) is 5.13 Å². The summed E-state index contributed by atoms with van der Waals surface area (Å²) in [7, 11) is 0. The summed E-state index contributed by atoms with van der Waals surface area (Å²) in [5.74, 6) is -1.25. The fourth-order valence-electron chi connectivity index (χ4n) is 2.41. The highest BCUT2D eigenvalue weighted by molar-refractivity contribution is 7.15. The van der Waals surface area contributed by atoms with Crippen LogP contribution >= 0.6 is 11.3 Å². The van der Waals surface area contributed by atoms with Crippen molar-refractivity contribution in [2.75, 3.05) is 31.6 Å². The first-order valence-electron chi connectivity index (χ1n) is 7.68. The van der Waals surface area contributed by atoms with Gasteiger partial charge in [0.05, 0.1) is 13.2 Å². The molecule has 7 nitrogen and oxygen atoms in total. The molecule has 2 heterocycles. The molecule has 0 unspecified atom stereocenters. The van der Waals surface area contributed by atoms with Gasteiger partial charge in [-0.3, -0.25) is 14.9 Å². The van der Waals surface area contributed by atoms with E-state index in [2.05, 4.69) is 15.5 Å². The molecule has 1 N–H and O–H groups in total. The summed E-state index contributed by atoms with van der Waals surface area (Å²) in [6.07, 6.45) is 0.650. The number of aryl methyl sites for hydroxylation is 1. The number of nitrogens with one attached hydrogen (secondary N) is 1. The Balaban J connectivity index is 1.60. The van der Waals surface area contributed by atoms with Crippen LogP contribution in [0, 0.1) is 6.92 Å². The zero-order chi connectivity index (χ0) is 16.9. The van der Waals surface area contributed by atoms with Crippen LogP contribution in [-0.4, -0.2) is 53.2 Å². The van der Waals surface area contributed by atoms with Crippen molar-refractivity contribution in [1.82, 2.24) is 15.1 Å². The lowest BCUT2D eigenvalue weighted by atomic mass is 10.1. The molecular formula is C16H18N4O3S. The molecule has 0 radical (unpaired) electrons. The first-order valence-corrected chi connectivity index (χ1v) is 8.50. The van der Waals surface area contributed by atoms with Crippen molar-refractivity contribution in [3.05, 3.63) is 40.4 Å². The van der Waals surface area contributed by atoms with Crippen LogP contribution in [0.25, 0.3) is 0 Å². The molecule has 1 aliphatic rings. The maximum Gasteiger partial charge on any atom is 0.315 e. The summed E-state index contributed by atoms with van der Waals surface area (Å²) < 4.78 is 5.17. The van der Waals surface area contributed by atoms with E-state index < -0.39 is 11.8 Å². The van der Waals surface area contributed by atoms with E-state index in [1.807, 2.05) is 31.2 Å². The van der Waals surface area contributed by atoms with Gasteiger partial charge in [-0.15, -0.1) is 10.2 Å². The molecule has 8 heteroatoms. The fourth-order valence-corrected chi connectivity index (χ4v) is 3.17. The van der Waals surface area contributed by atoms with Crippen LogP contribution in [0.15, 0.2) is 24.3 Å². The first kappa shape index (κ1) is 16.5. The predicted octanol–water partition coefficient (Wildman–Crippen LogP) is 1.23. The number of carbonyl (C=O) groups is 2. The van der Waals surface area contributed by atoms with Crippen molar-refractivity contribution in [2.24, 2.45) is 0 Å². The number of ether oxygens (including phenoxy) is 1. The van der Waals surface area contributed by atoms with Gasteiger partial charge in [-0.1, -0.05) is 35.6 Å². The molecule has 1 aromatic heterocycles. The van der Waals surface area contributed by atoms with Gasteiger partial charge in [-0.2, -0.15) is 0 Å². The number of nitrogens with zero attached hydrogens (tertiary/aromatic N) is 3. The Morgan fingerprint density at radius 3 is 2.75 bits per heavy atom. The van der Waals surface area contributed by atoms with E-state index in [1.165, 1.54) is 21.8 Å². The van der Waals surface area contributed by atoms with Gasteiger partial charge in [-0.05, 0) is 18.1 Å². The fraction of sp³-hybridized carbons (Fsp3) is 0.375. The third kappa shape index (κ3) is 3.95. The number of hydrogen-bond donors (Lipinski definition) is 1. The molecule has 3 rings (SSSR count). The third-order valence-corrected chi connectivity index (χ3v) is 4.62. The average molecular weight is 346 g/mol. The Bertz CT molecular complexity index is 740. The average Bonchev–Trinajstić information content (AvgIpc) is 3.04. The second-order valence-corrected chi connectivity index (χ2v) is 6.52. The molecule has 0 atom stereocenters. The summed E-state index contributed by atoms with van der Waals surface area (Å²) in [5, 5.41) is 11.7. The lowest BCUT2D eigenvalue weighted by Gasteiger charge is -2.25. The predicted molar refractivity (Wildman–Crippen MR) is 89.9 cm³/mol. The summed E-state index contributed by atoms with van der Waals surface area (Å²) in [4.78, 5) is 25.6.